The summed E-state index contributed by atoms with van der Waals surface area (Å²) in [6.45, 7) is 1.92. The van der Waals surface area contributed by atoms with Gasteiger partial charge in [-0.25, -0.2) is 0 Å². The second-order valence-corrected chi connectivity index (χ2v) is 5.82. The normalized spacial score (nSPS) is 10.2. The fourth-order valence-corrected chi connectivity index (χ4v) is 3.04. The molecule has 5 heteroatoms. The van der Waals surface area contributed by atoms with Crippen molar-refractivity contribution in [1.29, 1.82) is 5.26 Å². The third kappa shape index (κ3) is 2.19. The van der Waals surface area contributed by atoms with Crippen LogP contribution in [0.4, 0.5) is 5.69 Å². The molecule has 86 valence electrons. The largest absolute Gasteiger partial charge is 0.397 e. The van der Waals surface area contributed by atoms with E-state index in [1.807, 2.05) is 25.1 Å². The van der Waals surface area contributed by atoms with Crippen molar-refractivity contribution < 1.29 is 0 Å². The maximum absolute atomic E-state index is 8.95. The van der Waals surface area contributed by atoms with E-state index in [0.29, 0.717) is 15.6 Å². The number of hydrogen-bond donors (Lipinski definition) is 1. The van der Waals surface area contributed by atoms with Crippen molar-refractivity contribution in [1.82, 2.24) is 0 Å². The average molecular weight is 328 g/mol. The third-order valence-electron chi connectivity index (χ3n) is 2.48. The van der Waals surface area contributed by atoms with Gasteiger partial charge in [0.2, 0.25) is 0 Å². The molecule has 0 unspecified atom stereocenters. The zero-order valence-electron chi connectivity index (χ0n) is 8.92. The van der Waals surface area contributed by atoms with Gasteiger partial charge in [0.25, 0.3) is 0 Å². The van der Waals surface area contributed by atoms with E-state index >= 15 is 0 Å². The predicted molar refractivity (Wildman–Crippen MR) is 76.3 cm³/mol. The highest BCUT2D eigenvalue weighted by Crippen LogP contribution is 2.39. The summed E-state index contributed by atoms with van der Waals surface area (Å²) < 4.78 is 0.835. The molecule has 0 amide bonds. The van der Waals surface area contributed by atoms with Gasteiger partial charge < -0.3 is 5.73 Å². The van der Waals surface area contributed by atoms with E-state index in [4.69, 9.17) is 22.6 Å². The summed E-state index contributed by atoms with van der Waals surface area (Å²) in [7, 11) is 0. The van der Waals surface area contributed by atoms with Crippen molar-refractivity contribution in [3.63, 3.8) is 0 Å². The van der Waals surface area contributed by atoms with E-state index in [-0.39, 0.29) is 0 Å². The number of hydrogen-bond acceptors (Lipinski definition) is 3. The lowest BCUT2D eigenvalue weighted by Crippen LogP contribution is -1.87. The summed E-state index contributed by atoms with van der Waals surface area (Å²) >= 11 is 10.7. The van der Waals surface area contributed by atoms with Gasteiger partial charge >= 0.3 is 0 Å². The van der Waals surface area contributed by atoms with Crippen molar-refractivity contribution in [2.75, 3.05) is 5.73 Å². The summed E-state index contributed by atoms with van der Waals surface area (Å²) in [5, 5.41) is 9.62. The van der Waals surface area contributed by atoms with E-state index in [1.165, 1.54) is 11.3 Å². The molecule has 2 nitrogen and oxygen atoms in total. The van der Waals surface area contributed by atoms with Gasteiger partial charge in [0.05, 0.1) is 10.7 Å². The van der Waals surface area contributed by atoms with Crippen molar-refractivity contribution in [2.45, 2.75) is 6.92 Å². The number of nitrogens with zero attached hydrogens (tertiary/aromatic N) is 1. The zero-order chi connectivity index (χ0) is 12.6. The van der Waals surface area contributed by atoms with Crippen LogP contribution in [0.15, 0.2) is 22.7 Å². The molecule has 2 N–H and O–H groups in total. The molecule has 1 aromatic carbocycles. The minimum atomic E-state index is 0.559. The van der Waals surface area contributed by atoms with Crippen LogP contribution in [0, 0.1) is 18.3 Å². The standard InChI is InChI=1S/C12H8BrClN2S/c1-6-11(16)10(5-15)17-12(6)7-2-3-9(14)8(13)4-7/h2-4H,16H2,1H3. The molecule has 2 rings (SSSR count). The number of nitriles is 1. The molecule has 0 bridgehead atoms. The van der Waals surface area contributed by atoms with Gasteiger partial charge in [-0.15, -0.1) is 11.3 Å². The Morgan fingerprint density at radius 3 is 2.71 bits per heavy atom. The maximum atomic E-state index is 8.95. The molecule has 1 heterocycles. The van der Waals surface area contributed by atoms with Crippen LogP contribution in [0.3, 0.4) is 0 Å². The van der Waals surface area contributed by atoms with E-state index < -0.39 is 0 Å². The van der Waals surface area contributed by atoms with Gasteiger partial charge in [-0.2, -0.15) is 5.26 Å². The van der Waals surface area contributed by atoms with Gasteiger partial charge in [0, 0.05) is 9.35 Å². The van der Waals surface area contributed by atoms with Crippen LogP contribution in [0.5, 0.6) is 0 Å². The molecule has 0 saturated carbocycles. The molecular weight excluding hydrogens is 320 g/mol. The monoisotopic (exact) mass is 326 g/mol. The van der Waals surface area contributed by atoms with Crippen LogP contribution in [0.25, 0.3) is 10.4 Å². The van der Waals surface area contributed by atoms with Gasteiger partial charge in [-0.05, 0) is 46.1 Å². The first kappa shape index (κ1) is 12.4. The molecule has 0 aliphatic rings. The van der Waals surface area contributed by atoms with Crippen molar-refractivity contribution in [3.05, 3.63) is 38.1 Å². The van der Waals surface area contributed by atoms with Crippen LogP contribution in [0.2, 0.25) is 5.02 Å². The number of thiophene rings is 1. The lowest BCUT2D eigenvalue weighted by molar-refractivity contribution is 1.49. The van der Waals surface area contributed by atoms with Crippen LogP contribution in [0.1, 0.15) is 10.4 Å². The van der Waals surface area contributed by atoms with Crippen molar-refractivity contribution >= 4 is 44.6 Å². The molecule has 0 aliphatic heterocycles. The molecular formula is C12H8BrClN2S. The number of rotatable bonds is 1. The summed E-state index contributed by atoms with van der Waals surface area (Å²) in [5.41, 5.74) is 8.39. The first-order chi connectivity index (χ1) is 8.04. The van der Waals surface area contributed by atoms with Gasteiger partial charge in [-0.1, -0.05) is 17.7 Å². The topological polar surface area (TPSA) is 49.8 Å². The zero-order valence-corrected chi connectivity index (χ0v) is 12.1. The van der Waals surface area contributed by atoms with Crippen LogP contribution in [-0.2, 0) is 0 Å². The Morgan fingerprint density at radius 1 is 1.47 bits per heavy atom. The Labute approximate surface area is 117 Å². The number of halogens is 2. The molecule has 0 radical (unpaired) electrons. The maximum Gasteiger partial charge on any atom is 0.128 e. The lowest BCUT2D eigenvalue weighted by atomic mass is 10.1. The smallest absolute Gasteiger partial charge is 0.128 e. The quantitative estimate of drug-likeness (QED) is 0.832. The summed E-state index contributed by atoms with van der Waals surface area (Å²) in [6.07, 6.45) is 0. The number of benzene rings is 1. The van der Waals surface area contributed by atoms with E-state index in [0.717, 1.165) is 20.5 Å². The Morgan fingerprint density at radius 2 is 2.18 bits per heavy atom. The highest BCUT2D eigenvalue weighted by Gasteiger charge is 2.14. The minimum Gasteiger partial charge on any atom is -0.397 e. The average Bonchev–Trinajstić information content (AvgIpc) is 2.60. The summed E-state index contributed by atoms with van der Waals surface area (Å²) in [5.74, 6) is 0. The van der Waals surface area contributed by atoms with E-state index in [9.17, 15) is 0 Å². The van der Waals surface area contributed by atoms with Crippen LogP contribution in [-0.4, -0.2) is 0 Å². The highest BCUT2D eigenvalue weighted by molar-refractivity contribution is 9.10. The predicted octanol–water partition coefficient (Wildman–Crippen LogP) is 4.59. The molecule has 17 heavy (non-hydrogen) atoms. The SMILES string of the molecule is Cc1c(-c2ccc(Cl)c(Br)c2)sc(C#N)c1N. The molecule has 0 fully saturated rings. The van der Waals surface area contributed by atoms with E-state index in [2.05, 4.69) is 22.0 Å². The van der Waals surface area contributed by atoms with Crippen LogP contribution >= 0.6 is 38.9 Å². The fourth-order valence-electron chi connectivity index (χ4n) is 1.52. The van der Waals surface area contributed by atoms with Crippen molar-refractivity contribution in [3.8, 4) is 16.5 Å². The number of nitrogen functional groups attached to an aromatic ring is 1. The molecule has 0 saturated heterocycles. The fraction of sp³-hybridized carbons (Fsp3) is 0.0833. The summed E-state index contributed by atoms with van der Waals surface area (Å²) in [4.78, 5) is 1.57. The second-order valence-electron chi connectivity index (χ2n) is 3.54. The molecule has 0 spiro atoms. The number of anilines is 1. The number of nitrogens with two attached hydrogens (primary N) is 1. The van der Waals surface area contributed by atoms with Crippen molar-refractivity contribution in [2.24, 2.45) is 0 Å². The first-order valence-corrected chi connectivity index (χ1v) is 6.77. The Hall–Kier alpha value is -1.02. The Kier molecular flexibility index (Phi) is 3.43. The molecule has 0 aliphatic carbocycles. The van der Waals surface area contributed by atoms with Gasteiger partial charge in [-0.3, -0.25) is 0 Å². The minimum absolute atomic E-state index is 0.559. The third-order valence-corrected chi connectivity index (χ3v) is 4.95. The molecule has 2 aromatic rings. The van der Waals surface area contributed by atoms with E-state index in [1.54, 1.807) is 0 Å². The van der Waals surface area contributed by atoms with Gasteiger partial charge in [0.1, 0.15) is 10.9 Å². The molecule has 1 aromatic heterocycles. The van der Waals surface area contributed by atoms with Crippen LogP contribution < -0.4 is 5.73 Å². The first-order valence-electron chi connectivity index (χ1n) is 4.79. The second kappa shape index (κ2) is 4.69. The Balaban J connectivity index is 2.61. The Bertz CT molecular complexity index is 628. The highest BCUT2D eigenvalue weighted by atomic mass is 79.9. The summed E-state index contributed by atoms with van der Waals surface area (Å²) in [6, 6.07) is 7.79. The molecule has 0 atom stereocenters. The van der Waals surface area contributed by atoms with Gasteiger partial charge in [0.15, 0.2) is 0 Å². The lowest BCUT2D eigenvalue weighted by Gasteiger charge is -2.02.